The number of fused-ring (bicyclic) bond motifs is 1. The molecule has 3 aromatic rings. The first kappa shape index (κ1) is 23.0. The van der Waals surface area contributed by atoms with E-state index in [4.69, 9.17) is 51.1 Å². The smallest absolute Gasteiger partial charge is 0.167 e. The molecule has 5 nitrogen and oxygen atoms in total. The number of aromatic nitrogens is 2. The Balaban J connectivity index is 1.74. The highest BCUT2D eigenvalue weighted by molar-refractivity contribution is 6.44. The van der Waals surface area contributed by atoms with Gasteiger partial charge in [-0.1, -0.05) is 59.2 Å². The van der Waals surface area contributed by atoms with Crippen molar-refractivity contribution in [2.75, 3.05) is 6.61 Å². The largest absolute Gasteiger partial charge is 0.489 e. The van der Waals surface area contributed by atoms with Crippen molar-refractivity contribution in [3.05, 3.63) is 55.7 Å². The highest BCUT2D eigenvalue weighted by atomic mass is 35.5. The van der Waals surface area contributed by atoms with Crippen molar-refractivity contribution in [2.24, 2.45) is 5.92 Å². The van der Waals surface area contributed by atoms with E-state index < -0.39 is 6.10 Å². The topological polar surface area (TPSA) is 67.5 Å². The third-order valence-electron chi connectivity index (χ3n) is 5.76. The van der Waals surface area contributed by atoms with Crippen LogP contribution in [0.3, 0.4) is 0 Å². The van der Waals surface area contributed by atoms with Crippen LogP contribution in [0.1, 0.15) is 37.1 Å². The summed E-state index contributed by atoms with van der Waals surface area (Å²) >= 11 is 25.4. The molecule has 2 aromatic carbocycles. The number of benzene rings is 2. The van der Waals surface area contributed by atoms with E-state index in [1.54, 1.807) is 24.3 Å². The van der Waals surface area contributed by atoms with Gasteiger partial charge in [0.2, 0.25) is 0 Å². The summed E-state index contributed by atoms with van der Waals surface area (Å²) in [6.07, 6.45) is 3.37. The first-order chi connectivity index (χ1) is 14.9. The molecule has 2 N–H and O–H groups in total. The van der Waals surface area contributed by atoms with Crippen molar-refractivity contribution < 1.29 is 14.9 Å². The lowest BCUT2D eigenvalue weighted by atomic mass is 9.87. The average Bonchev–Trinajstić information content (AvgIpc) is 3.09. The summed E-state index contributed by atoms with van der Waals surface area (Å²) in [5.74, 6) is 0.808. The number of aliphatic hydroxyl groups excluding tert-OH is 2. The van der Waals surface area contributed by atoms with E-state index in [0.29, 0.717) is 50.8 Å². The molecule has 4 rings (SSSR count). The molecule has 0 unspecified atom stereocenters. The zero-order valence-corrected chi connectivity index (χ0v) is 19.6. The van der Waals surface area contributed by atoms with E-state index in [0.717, 1.165) is 31.2 Å². The second kappa shape index (κ2) is 9.74. The van der Waals surface area contributed by atoms with Crippen molar-refractivity contribution in [1.29, 1.82) is 0 Å². The van der Waals surface area contributed by atoms with Crippen LogP contribution in [0, 0.1) is 5.92 Å². The monoisotopic (exact) mass is 502 g/mol. The molecule has 1 saturated carbocycles. The zero-order chi connectivity index (χ0) is 22.1. The third-order valence-corrected chi connectivity index (χ3v) is 7.14. The van der Waals surface area contributed by atoms with Gasteiger partial charge in [-0.2, -0.15) is 0 Å². The van der Waals surface area contributed by atoms with Crippen molar-refractivity contribution in [3.63, 3.8) is 0 Å². The van der Waals surface area contributed by atoms with Crippen LogP contribution in [0.4, 0.5) is 0 Å². The van der Waals surface area contributed by atoms with Gasteiger partial charge in [0.1, 0.15) is 23.0 Å². The van der Waals surface area contributed by atoms with E-state index in [-0.39, 0.29) is 17.5 Å². The first-order valence-electron chi connectivity index (χ1n) is 10.1. The van der Waals surface area contributed by atoms with E-state index in [1.807, 2.05) is 4.57 Å². The molecule has 9 heteroatoms. The highest BCUT2D eigenvalue weighted by Gasteiger charge is 2.26. The van der Waals surface area contributed by atoms with Crippen molar-refractivity contribution in [3.8, 4) is 5.75 Å². The highest BCUT2D eigenvalue weighted by Crippen LogP contribution is 2.40. The molecule has 0 bridgehead atoms. The van der Waals surface area contributed by atoms with Crippen molar-refractivity contribution in [2.45, 2.75) is 44.9 Å². The van der Waals surface area contributed by atoms with E-state index in [1.165, 1.54) is 0 Å². The quantitative estimate of drug-likeness (QED) is 0.425. The minimum atomic E-state index is -0.391. The predicted molar refractivity (Wildman–Crippen MR) is 125 cm³/mol. The molecule has 1 fully saturated rings. The summed E-state index contributed by atoms with van der Waals surface area (Å²) in [5, 5.41) is 21.9. The van der Waals surface area contributed by atoms with Gasteiger partial charge >= 0.3 is 0 Å². The molecule has 1 aromatic heterocycles. The maximum atomic E-state index is 10.3. The number of rotatable bonds is 6. The lowest BCUT2D eigenvalue weighted by molar-refractivity contribution is 0.0425. The summed E-state index contributed by atoms with van der Waals surface area (Å²) in [6.45, 7) is 0.366. The first-order valence-corrected chi connectivity index (χ1v) is 11.6. The molecule has 166 valence electrons. The number of halogens is 4. The summed E-state index contributed by atoms with van der Waals surface area (Å²) in [6, 6.07) is 6.92. The maximum Gasteiger partial charge on any atom is 0.167 e. The Morgan fingerprint density at radius 1 is 1.06 bits per heavy atom. The van der Waals surface area contributed by atoms with Crippen LogP contribution in [-0.2, 0) is 13.2 Å². The molecule has 31 heavy (non-hydrogen) atoms. The van der Waals surface area contributed by atoms with Gasteiger partial charge in [-0.3, -0.25) is 0 Å². The standard InChI is InChI=1S/C22H22Cl4N2O3/c23-14-5-6-15(24)13(7-14)9-28-17-8-16(25)20(26)22(21(17)27-19(28)10-29)31-11-12-3-1-2-4-18(12)30/h5-8,12,18,29-30H,1-4,9-11H2/t12-,18+/m1/s1. The van der Waals surface area contributed by atoms with Crippen molar-refractivity contribution >= 4 is 57.4 Å². The minimum absolute atomic E-state index is 0.0310. The van der Waals surface area contributed by atoms with Gasteiger partial charge in [-0.05, 0) is 42.7 Å². The normalized spacial score (nSPS) is 19.2. The van der Waals surface area contributed by atoms with Crippen LogP contribution in [0.25, 0.3) is 11.0 Å². The van der Waals surface area contributed by atoms with Crippen LogP contribution >= 0.6 is 46.4 Å². The molecule has 1 heterocycles. The van der Waals surface area contributed by atoms with Gasteiger partial charge in [0.15, 0.2) is 5.75 Å². The second-order valence-corrected chi connectivity index (χ2v) is 9.43. The number of hydrogen-bond donors (Lipinski definition) is 2. The van der Waals surface area contributed by atoms with Gasteiger partial charge in [-0.15, -0.1) is 0 Å². The minimum Gasteiger partial charge on any atom is -0.489 e. The summed E-state index contributed by atoms with van der Waals surface area (Å²) in [5.41, 5.74) is 1.94. The molecule has 0 spiro atoms. The zero-order valence-electron chi connectivity index (χ0n) is 16.6. The molecule has 0 aliphatic heterocycles. The molecule has 0 radical (unpaired) electrons. The summed E-state index contributed by atoms with van der Waals surface area (Å²) < 4.78 is 7.88. The molecule has 2 atom stereocenters. The molecule has 0 amide bonds. The van der Waals surface area contributed by atoms with Gasteiger partial charge in [0.05, 0.1) is 29.8 Å². The molecule has 1 aliphatic rings. The Bertz CT molecular complexity index is 1100. The maximum absolute atomic E-state index is 10.3. The van der Waals surface area contributed by atoms with E-state index >= 15 is 0 Å². The Morgan fingerprint density at radius 3 is 2.58 bits per heavy atom. The fraction of sp³-hybridized carbons (Fsp3) is 0.409. The second-order valence-electron chi connectivity index (χ2n) is 7.80. The summed E-state index contributed by atoms with van der Waals surface area (Å²) in [7, 11) is 0. The van der Waals surface area contributed by atoms with Crippen LogP contribution in [-0.4, -0.2) is 32.5 Å². The van der Waals surface area contributed by atoms with Gasteiger partial charge < -0.3 is 19.5 Å². The van der Waals surface area contributed by atoms with E-state index in [9.17, 15) is 10.2 Å². The lowest BCUT2D eigenvalue weighted by Gasteiger charge is -2.27. The summed E-state index contributed by atoms with van der Waals surface area (Å²) in [4.78, 5) is 4.57. The molecular formula is C22H22Cl4N2O3. The predicted octanol–water partition coefficient (Wildman–Crippen LogP) is 6.12. The van der Waals surface area contributed by atoms with E-state index in [2.05, 4.69) is 4.98 Å². The third kappa shape index (κ3) is 4.77. The van der Waals surface area contributed by atoms with Crippen molar-refractivity contribution in [1.82, 2.24) is 9.55 Å². The number of imidazole rings is 1. The number of aliphatic hydroxyl groups is 2. The van der Waals surface area contributed by atoms with Gasteiger partial charge in [0, 0.05) is 16.0 Å². The number of hydrogen-bond acceptors (Lipinski definition) is 4. The number of nitrogens with zero attached hydrogens (tertiary/aromatic N) is 2. The Kier molecular flexibility index (Phi) is 7.21. The van der Waals surface area contributed by atoms with Crippen LogP contribution in [0.2, 0.25) is 20.1 Å². The lowest BCUT2D eigenvalue weighted by Crippen LogP contribution is -2.29. The average molecular weight is 504 g/mol. The fourth-order valence-electron chi connectivity index (χ4n) is 4.06. The fourth-order valence-corrected chi connectivity index (χ4v) is 4.82. The molecule has 1 aliphatic carbocycles. The van der Waals surface area contributed by atoms with Crippen LogP contribution in [0.5, 0.6) is 5.75 Å². The Hall–Kier alpha value is -1.21. The van der Waals surface area contributed by atoms with Crippen LogP contribution in [0.15, 0.2) is 24.3 Å². The Morgan fingerprint density at radius 2 is 1.84 bits per heavy atom. The SMILES string of the molecule is OCc1nc2c(OC[C@H]3CCCC[C@@H]3O)c(Cl)c(Cl)cc2n1Cc1cc(Cl)ccc1Cl. The Labute approximate surface area is 200 Å². The molecule has 0 saturated heterocycles. The van der Waals surface area contributed by atoms with Gasteiger partial charge in [-0.25, -0.2) is 4.98 Å². The molecular weight excluding hydrogens is 482 g/mol. The van der Waals surface area contributed by atoms with Crippen LogP contribution < -0.4 is 4.74 Å². The van der Waals surface area contributed by atoms with Gasteiger partial charge in [0.25, 0.3) is 0 Å². The number of ether oxygens (including phenoxy) is 1.